The number of hydrogen-bond acceptors (Lipinski definition) is 5. The molecule has 1 aliphatic rings. The molecule has 0 bridgehead atoms. The average molecular weight is 418 g/mol. The maximum Gasteiger partial charge on any atom is 0.261 e. The summed E-state index contributed by atoms with van der Waals surface area (Å²) in [5, 5.41) is 10.9. The van der Waals surface area contributed by atoms with Crippen molar-refractivity contribution in [1.29, 1.82) is 0 Å². The third-order valence-electron chi connectivity index (χ3n) is 5.76. The minimum Gasteiger partial charge on any atom is -0.351 e. The van der Waals surface area contributed by atoms with Crippen molar-refractivity contribution in [2.75, 3.05) is 6.54 Å². The van der Waals surface area contributed by atoms with Gasteiger partial charge in [-0.1, -0.05) is 12.1 Å². The van der Waals surface area contributed by atoms with Gasteiger partial charge in [-0.3, -0.25) is 9.89 Å². The Bertz CT molecular complexity index is 1200. The number of aryl methyl sites for hydroxylation is 3. The van der Waals surface area contributed by atoms with Gasteiger partial charge in [0, 0.05) is 17.0 Å². The number of benzene rings is 1. The molecule has 6 nitrogen and oxygen atoms in total. The van der Waals surface area contributed by atoms with Gasteiger partial charge in [0.05, 0.1) is 22.2 Å². The van der Waals surface area contributed by atoms with Crippen LogP contribution in [0.15, 0.2) is 36.8 Å². The second kappa shape index (κ2) is 7.99. The van der Waals surface area contributed by atoms with E-state index >= 15 is 0 Å². The Hall–Kier alpha value is -3.06. The molecule has 1 amide bonds. The molecular weight excluding hydrogens is 394 g/mol. The number of nitrogens with zero attached hydrogens (tertiary/aromatic N) is 3. The lowest BCUT2D eigenvalue weighted by molar-refractivity contribution is 0.0958. The van der Waals surface area contributed by atoms with Crippen molar-refractivity contribution in [3.05, 3.63) is 63.2 Å². The lowest BCUT2D eigenvalue weighted by atomic mass is 9.99. The van der Waals surface area contributed by atoms with Crippen LogP contribution in [0.25, 0.3) is 22.3 Å². The van der Waals surface area contributed by atoms with E-state index in [9.17, 15) is 4.79 Å². The quantitative estimate of drug-likeness (QED) is 0.509. The Balaban J connectivity index is 1.25. The standard InChI is InChI=1S/C23H23N5OS/c1-14-10-17(21-18-12-27-28-22(18)26-13-25-21)7-6-15(14)8-9-24-23(29)20-11-16-4-2-3-5-19(16)30-20/h6-7,10-13H,2-5,8-9H2,1H3,(H,24,29)(H,25,26,27,28). The van der Waals surface area contributed by atoms with Crippen molar-refractivity contribution >= 4 is 28.3 Å². The number of carbonyl (C=O) groups is 1. The van der Waals surface area contributed by atoms with E-state index in [1.54, 1.807) is 23.9 Å². The van der Waals surface area contributed by atoms with E-state index in [0.717, 1.165) is 46.4 Å². The number of aromatic amines is 1. The molecule has 7 heteroatoms. The van der Waals surface area contributed by atoms with Crippen molar-refractivity contribution in [3.63, 3.8) is 0 Å². The van der Waals surface area contributed by atoms with Crippen LogP contribution in [0.4, 0.5) is 0 Å². The first-order chi connectivity index (χ1) is 14.7. The Kier molecular flexibility index (Phi) is 5.04. The van der Waals surface area contributed by atoms with E-state index in [-0.39, 0.29) is 5.91 Å². The molecule has 0 saturated carbocycles. The molecule has 30 heavy (non-hydrogen) atoms. The van der Waals surface area contributed by atoms with Crippen LogP contribution >= 0.6 is 11.3 Å². The first-order valence-electron chi connectivity index (χ1n) is 10.3. The zero-order valence-corrected chi connectivity index (χ0v) is 17.7. The van der Waals surface area contributed by atoms with Crippen molar-refractivity contribution < 1.29 is 4.79 Å². The number of hydrogen-bond donors (Lipinski definition) is 2. The topological polar surface area (TPSA) is 83.6 Å². The van der Waals surface area contributed by atoms with Crippen LogP contribution in [0.3, 0.4) is 0 Å². The first kappa shape index (κ1) is 18.9. The van der Waals surface area contributed by atoms with Gasteiger partial charge in [0.1, 0.15) is 6.33 Å². The Morgan fingerprint density at radius 1 is 1.20 bits per heavy atom. The summed E-state index contributed by atoms with van der Waals surface area (Å²) in [7, 11) is 0. The highest BCUT2D eigenvalue weighted by Crippen LogP contribution is 2.30. The van der Waals surface area contributed by atoms with Crippen LogP contribution in [0, 0.1) is 6.92 Å². The van der Waals surface area contributed by atoms with E-state index in [4.69, 9.17) is 0 Å². The summed E-state index contributed by atoms with van der Waals surface area (Å²) in [6.07, 6.45) is 8.82. The van der Waals surface area contributed by atoms with E-state index in [1.165, 1.54) is 34.4 Å². The van der Waals surface area contributed by atoms with Crippen molar-refractivity contribution in [1.82, 2.24) is 25.5 Å². The molecule has 1 aromatic carbocycles. The molecule has 0 saturated heterocycles. The van der Waals surface area contributed by atoms with Gasteiger partial charge in [-0.15, -0.1) is 11.3 Å². The zero-order chi connectivity index (χ0) is 20.5. The number of thiophene rings is 1. The molecule has 0 atom stereocenters. The van der Waals surface area contributed by atoms with Gasteiger partial charge < -0.3 is 5.32 Å². The molecule has 3 aromatic heterocycles. The highest BCUT2D eigenvalue weighted by molar-refractivity contribution is 7.14. The molecule has 0 fully saturated rings. The molecule has 152 valence electrons. The predicted molar refractivity (Wildman–Crippen MR) is 119 cm³/mol. The van der Waals surface area contributed by atoms with Gasteiger partial charge in [0.2, 0.25) is 0 Å². The van der Waals surface area contributed by atoms with Gasteiger partial charge in [0.25, 0.3) is 5.91 Å². The number of rotatable bonds is 5. The van der Waals surface area contributed by atoms with Gasteiger partial charge in [-0.05, 0) is 67.9 Å². The maximum absolute atomic E-state index is 12.6. The summed E-state index contributed by atoms with van der Waals surface area (Å²) in [4.78, 5) is 23.4. The van der Waals surface area contributed by atoms with Crippen LogP contribution in [-0.4, -0.2) is 32.6 Å². The molecule has 0 unspecified atom stereocenters. The fourth-order valence-electron chi connectivity index (χ4n) is 4.12. The van der Waals surface area contributed by atoms with Crippen molar-refractivity contribution in [2.24, 2.45) is 0 Å². The molecule has 3 heterocycles. The second-order valence-electron chi connectivity index (χ2n) is 7.77. The summed E-state index contributed by atoms with van der Waals surface area (Å²) in [5.41, 5.74) is 6.43. The van der Waals surface area contributed by atoms with Gasteiger partial charge in [-0.25, -0.2) is 9.97 Å². The zero-order valence-electron chi connectivity index (χ0n) is 16.9. The highest BCUT2D eigenvalue weighted by atomic mass is 32.1. The molecule has 2 N–H and O–H groups in total. The van der Waals surface area contributed by atoms with Crippen molar-refractivity contribution in [2.45, 2.75) is 39.0 Å². The fourth-order valence-corrected chi connectivity index (χ4v) is 5.29. The monoisotopic (exact) mass is 417 g/mol. The second-order valence-corrected chi connectivity index (χ2v) is 8.90. The predicted octanol–water partition coefficient (Wildman–Crippen LogP) is 4.24. The summed E-state index contributed by atoms with van der Waals surface area (Å²) in [6.45, 7) is 2.73. The van der Waals surface area contributed by atoms with Gasteiger partial charge >= 0.3 is 0 Å². The van der Waals surface area contributed by atoms with Crippen LogP contribution in [-0.2, 0) is 19.3 Å². The fraction of sp³-hybridized carbons (Fsp3) is 0.304. The number of nitrogens with one attached hydrogen (secondary N) is 2. The molecule has 0 spiro atoms. The largest absolute Gasteiger partial charge is 0.351 e. The number of H-pyrrole nitrogens is 1. The lowest BCUT2D eigenvalue weighted by Crippen LogP contribution is -2.25. The third-order valence-corrected chi connectivity index (χ3v) is 7.00. The summed E-state index contributed by atoms with van der Waals surface area (Å²) in [6, 6.07) is 8.42. The summed E-state index contributed by atoms with van der Waals surface area (Å²) in [5.74, 6) is 0.0482. The van der Waals surface area contributed by atoms with E-state index < -0.39 is 0 Å². The number of fused-ring (bicyclic) bond motifs is 2. The third kappa shape index (κ3) is 3.61. The van der Waals surface area contributed by atoms with Crippen LogP contribution in [0.5, 0.6) is 0 Å². The normalized spacial score (nSPS) is 13.4. The van der Waals surface area contributed by atoms with Gasteiger partial charge in [0.15, 0.2) is 5.65 Å². The van der Waals surface area contributed by atoms with E-state index in [2.05, 4.69) is 56.7 Å². The Morgan fingerprint density at radius 3 is 2.97 bits per heavy atom. The number of carbonyl (C=O) groups excluding carboxylic acids is 1. The molecular formula is C23H23N5OS. The van der Waals surface area contributed by atoms with E-state index in [1.807, 2.05) is 0 Å². The van der Waals surface area contributed by atoms with Gasteiger partial charge in [-0.2, -0.15) is 5.10 Å². The van der Waals surface area contributed by atoms with Crippen molar-refractivity contribution in [3.8, 4) is 11.3 Å². The Labute approximate surface area is 178 Å². The summed E-state index contributed by atoms with van der Waals surface area (Å²) >= 11 is 1.66. The lowest BCUT2D eigenvalue weighted by Gasteiger charge is -2.10. The summed E-state index contributed by atoms with van der Waals surface area (Å²) < 4.78 is 0. The minimum atomic E-state index is 0.0482. The highest BCUT2D eigenvalue weighted by Gasteiger charge is 2.17. The molecule has 0 aliphatic heterocycles. The number of amides is 1. The first-order valence-corrected chi connectivity index (χ1v) is 11.1. The molecule has 1 aliphatic carbocycles. The van der Waals surface area contributed by atoms with E-state index in [0.29, 0.717) is 6.54 Å². The molecule has 5 rings (SSSR count). The minimum absolute atomic E-state index is 0.0482. The number of aromatic nitrogens is 4. The SMILES string of the molecule is Cc1cc(-c2ncnc3[nH]ncc23)ccc1CCNC(=O)c1cc2c(s1)CCCC2. The smallest absolute Gasteiger partial charge is 0.261 e. The molecule has 4 aromatic rings. The molecule has 0 radical (unpaired) electrons. The maximum atomic E-state index is 12.6. The average Bonchev–Trinajstić information content (AvgIpc) is 3.41. The van der Waals surface area contributed by atoms with Crippen LogP contribution in [0.2, 0.25) is 0 Å². The van der Waals surface area contributed by atoms with Crippen LogP contribution < -0.4 is 5.32 Å². The Morgan fingerprint density at radius 2 is 2.10 bits per heavy atom. The van der Waals surface area contributed by atoms with Crippen LogP contribution in [0.1, 0.15) is 44.1 Å².